The Morgan fingerprint density at radius 1 is 1.19 bits per heavy atom. The number of benzene rings is 1. The lowest BCUT2D eigenvalue weighted by atomic mass is 10.1. The van der Waals surface area contributed by atoms with Gasteiger partial charge in [-0.05, 0) is 49.5 Å². The van der Waals surface area contributed by atoms with E-state index in [4.69, 9.17) is 4.74 Å². The second-order valence-electron chi connectivity index (χ2n) is 6.19. The van der Waals surface area contributed by atoms with Gasteiger partial charge in [0, 0.05) is 20.1 Å². The van der Waals surface area contributed by atoms with E-state index in [1.807, 2.05) is 42.4 Å². The molecular formula is C19H30N6OS. The molecule has 0 aliphatic heterocycles. The van der Waals surface area contributed by atoms with Gasteiger partial charge in [-0.25, -0.2) is 4.99 Å². The molecule has 0 bridgehead atoms. The van der Waals surface area contributed by atoms with E-state index < -0.39 is 0 Å². The maximum absolute atomic E-state index is 5.20. The van der Waals surface area contributed by atoms with Gasteiger partial charge in [-0.3, -0.25) is 0 Å². The van der Waals surface area contributed by atoms with Crippen LogP contribution in [0.15, 0.2) is 29.3 Å². The van der Waals surface area contributed by atoms with E-state index in [2.05, 4.69) is 44.2 Å². The predicted octanol–water partition coefficient (Wildman–Crippen LogP) is 2.16. The first-order valence-electron chi connectivity index (χ1n) is 9.13. The van der Waals surface area contributed by atoms with Gasteiger partial charge in [-0.1, -0.05) is 12.1 Å². The molecule has 0 atom stereocenters. The number of thioether (sulfide) groups is 1. The van der Waals surface area contributed by atoms with Crippen LogP contribution < -0.4 is 15.4 Å². The van der Waals surface area contributed by atoms with Gasteiger partial charge in [0.2, 0.25) is 0 Å². The van der Waals surface area contributed by atoms with Crippen molar-refractivity contribution in [2.75, 3.05) is 32.2 Å². The largest absolute Gasteiger partial charge is 0.497 e. The Bertz CT molecular complexity index is 713. The molecule has 8 heteroatoms. The number of nitrogens with one attached hydrogen (secondary N) is 2. The quantitative estimate of drug-likeness (QED) is 0.368. The van der Waals surface area contributed by atoms with Gasteiger partial charge in [-0.15, -0.1) is 10.2 Å². The molecule has 0 unspecified atom stereocenters. The van der Waals surface area contributed by atoms with E-state index in [0.29, 0.717) is 6.54 Å². The summed E-state index contributed by atoms with van der Waals surface area (Å²) in [7, 11) is 3.64. The normalized spacial score (nSPS) is 11.5. The van der Waals surface area contributed by atoms with Gasteiger partial charge in [0.25, 0.3) is 0 Å². The molecule has 148 valence electrons. The Morgan fingerprint density at radius 3 is 2.56 bits per heavy atom. The summed E-state index contributed by atoms with van der Waals surface area (Å²) >= 11 is 1.85. The summed E-state index contributed by atoms with van der Waals surface area (Å²) in [4.78, 5) is 4.67. The molecule has 0 aliphatic rings. The Morgan fingerprint density at radius 2 is 1.93 bits per heavy atom. The number of aliphatic imine (C=N–C) groups is 1. The van der Waals surface area contributed by atoms with E-state index in [1.165, 1.54) is 5.56 Å². The minimum absolute atomic E-state index is 0.498. The summed E-state index contributed by atoms with van der Waals surface area (Å²) in [6, 6.07) is 8.15. The zero-order valence-corrected chi connectivity index (χ0v) is 17.5. The zero-order chi connectivity index (χ0) is 19.5. The average molecular weight is 391 g/mol. The minimum Gasteiger partial charge on any atom is -0.497 e. The third kappa shape index (κ3) is 7.13. The van der Waals surface area contributed by atoms with Gasteiger partial charge in [0.05, 0.1) is 7.11 Å². The molecule has 0 saturated heterocycles. The molecular weight excluding hydrogens is 360 g/mol. The van der Waals surface area contributed by atoms with Crippen LogP contribution in [-0.2, 0) is 20.0 Å². The first kappa shape index (κ1) is 21.1. The van der Waals surface area contributed by atoms with E-state index in [9.17, 15) is 0 Å². The second-order valence-corrected chi connectivity index (χ2v) is 7.17. The fourth-order valence-corrected chi connectivity index (χ4v) is 2.89. The lowest BCUT2D eigenvalue weighted by molar-refractivity contribution is 0.414. The molecule has 2 rings (SSSR count). The first-order chi connectivity index (χ1) is 13.1. The van der Waals surface area contributed by atoms with Crippen LogP contribution in [0.5, 0.6) is 5.75 Å². The first-order valence-corrected chi connectivity index (χ1v) is 10.5. The van der Waals surface area contributed by atoms with Crippen LogP contribution in [0.1, 0.15) is 23.6 Å². The third-order valence-corrected chi connectivity index (χ3v) is 4.94. The van der Waals surface area contributed by atoms with Crippen molar-refractivity contribution in [3.63, 3.8) is 0 Å². The highest BCUT2D eigenvalue weighted by molar-refractivity contribution is 7.98. The van der Waals surface area contributed by atoms with Crippen molar-refractivity contribution in [2.24, 2.45) is 12.0 Å². The van der Waals surface area contributed by atoms with E-state index in [0.717, 1.165) is 55.0 Å². The van der Waals surface area contributed by atoms with E-state index in [-0.39, 0.29) is 0 Å². The highest BCUT2D eigenvalue weighted by atomic mass is 32.2. The number of nitrogens with zero attached hydrogens (tertiary/aromatic N) is 4. The highest BCUT2D eigenvalue weighted by Gasteiger charge is 2.05. The molecule has 27 heavy (non-hydrogen) atoms. The number of guanidine groups is 1. The van der Waals surface area contributed by atoms with Gasteiger partial charge in [0.15, 0.2) is 11.8 Å². The van der Waals surface area contributed by atoms with Crippen molar-refractivity contribution in [3.8, 4) is 5.75 Å². The second kappa shape index (κ2) is 11.5. The Labute approximate surface area is 166 Å². The molecule has 7 nitrogen and oxygen atoms in total. The van der Waals surface area contributed by atoms with Crippen molar-refractivity contribution in [2.45, 2.75) is 26.3 Å². The van der Waals surface area contributed by atoms with Crippen LogP contribution in [0.2, 0.25) is 0 Å². The van der Waals surface area contributed by atoms with Crippen LogP contribution in [0, 0.1) is 6.92 Å². The standard InChI is InChI=1S/C19H30N6OS/c1-15-23-24-18(25(15)2)14-22-19(20-11-5-13-27-4)21-12-10-16-6-8-17(26-3)9-7-16/h6-9H,5,10-14H2,1-4H3,(H2,20,21,22). The Balaban J connectivity index is 1.89. The van der Waals surface area contributed by atoms with Crippen LogP contribution in [-0.4, -0.2) is 52.9 Å². The van der Waals surface area contributed by atoms with Crippen molar-refractivity contribution in [1.29, 1.82) is 0 Å². The predicted molar refractivity (Wildman–Crippen MR) is 113 cm³/mol. The summed E-state index contributed by atoms with van der Waals surface area (Å²) in [5, 5.41) is 15.1. The monoisotopic (exact) mass is 390 g/mol. The van der Waals surface area contributed by atoms with Gasteiger partial charge in [0.1, 0.15) is 18.1 Å². The summed E-state index contributed by atoms with van der Waals surface area (Å²) in [5.74, 6) is 4.57. The molecule has 0 fully saturated rings. The number of aryl methyl sites for hydroxylation is 1. The molecule has 0 radical (unpaired) electrons. The van der Waals surface area contributed by atoms with Crippen molar-refractivity contribution in [3.05, 3.63) is 41.5 Å². The third-order valence-electron chi connectivity index (χ3n) is 4.24. The molecule has 2 N–H and O–H groups in total. The summed E-state index contributed by atoms with van der Waals surface area (Å²) in [6.07, 6.45) is 4.14. The molecule has 0 aliphatic carbocycles. The van der Waals surface area contributed by atoms with Gasteiger partial charge in [-0.2, -0.15) is 11.8 Å². The number of methoxy groups -OCH3 is 1. The molecule has 0 saturated carbocycles. The topological polar surface area (TPSA) is 76.4 Å². The SMILES string of the molecule is COc1ccc(CCNC(=NCc2nnc(C)n2C)NCCCSC)cc1. The van der Waals surface area contributed by atoms with E-state index >= 15 is 0 Å². The van der Waals surface area contributed by atoms with Gasteiger partial charge < -0.3 is 19.9 Å². The summed E-state index contributed by atoms with van der Waals surface area (Å²) in [5.41, 5.74) is 1.26. The molecule has 2 aromatic rings. The lowest BCUT2D eigenvalue weighted by Crippen LogP contribution is -2.39. The number of aromatic nitrogens is 3. The van der Waals surface area contributed by atoms with Crippen LogP contribution >= 0.6 is 11.8 Å². The van der Waals surface area contributed by atoms with Crippen LogP contribution in [0.3, 0.4) is 0 Å². The molecule has 0 spiro atoms. The average Bonchev–Trinajstić information content (AvgIpc) is 3.01. The summed E-state index contributed by atoms with van der Waals surface area (Å²) in [6.45, 7) is 4.14. The maximum Gasteiger partial charge on any atom is 0.191 e. The maximum atomic E-state index is 5.20. The van der Waals surface area contributed by atoms with Crippen molar-refractivity contribution in [1.82, 2.24) is 25.4 Å². The molecule has 1 aromatic heterocycles. The Hall–Kier alpha value is -2.22. The fraction of sp³-hybridized carbons (Fsp3) is 0.526. The van der Waals surface area contributed by atoms with Crippen LogP contribution in [0.4, 0.5) is 0 Å². The minimum atomic E-state index is 0.498. The number of hydrogen-bond acceptors (Lipinski definition) is 5. The van der Waals surface area contributed by atoms with Crippen molar-refractivity contribution < 1.29 is 4.74 Å². The van der Waals surface area contributed by atoms with E-state index in [1.54, 1.807) is 7.11 Å². The number of ether oxygens (including phenoxy) is 1. The van der Waals surface area contributed by atoms with Crippen molar-refractivity contribution >= 4 is 17.7 Å². The Kier molecular flexibility index (Phi) is 8.97. The molecule has 1 heterocycles. The number of rotatable bonds is 10. The lowest BCUT2D eigenvalue weighted by Gasteiger charge is -2.13. The smallest absolute Gasteiger partial charge is 0.191 e. The van der Waals surface area contributed by atoms with Gasteiger partial charge >= 0.3 is 0 Å². The fourth-order valence-electron chi connectivity index (χ4n) is 2.45. The summed E-state index contributed by atoms with van der Waals surface area (Å²) < 4.78 is 7.17. The highest BCUT2D eigenvalue weighted by Crippen LogP contribution is 2.11. The molecule has 1 aromatic carbocycles. The zero-order valence-electron chi connectivity index (χ0n) is 16.7. The number of hydrogen-bond donors (Lipinski definition) is 2. The molecule has 0 amide bonds. The van der Waals surface area contributed by atoms with Crippen LogP contribution in [0.25, 0.3) is 0 Å².